The van der Waals surface area contributed by atoms with E-state index in [2.05, 4.69) is 65.0 Å². The standard InChI is InChI=1S/C19H18N2/c1-14-11-16-7-8-17(21-10-9-20-13-21)12-18(16)19(14)15-5-3-2-4-6-15/h2-10,12-14,19H,11H2,1H3/t14-,19-/m0/s1. The van der Waals surface area contributed by atoms with Crippen molar-refractivity contribution in [2.24, 2.45) is 5.92 Å². The highest BCUT2D eigenvalue weighted by atomic mass is 15.0. The Labute approximate surface area is 125 Å². The van der Waals surface area contributed by atoms with Crippen LogP contribution in [-0.2, 0) is 6.42 Å². The van der Waals surface area contributed by atoms with Crippen molar-refractivity contribution in [3.8, 4) is 5.69 Å². The summed E-state index contributed by atoms with van der Waals surface area (Å²) < 4.78 is 2.07. The summed E-state index contributed by atoms with van der Waals surface area (Å²) in [5, 5.41) is 0. The largest absolute Gasteiger partial charge is 0.306 e. The molecule has 1 aliphatic carbocycles. The van der Waals surface area contributed by atoms with Gasteiger partial charge in [-0.1, -0.05) is 43.3 Å². The summed E-state index contributed by atoms with van der Waals surface area (Å²) in [6.07, 6.45) is 6.85. The van der Waals surface area contributed by atoms with Crippen LogP contribution in [0.5, 0.6) is 0 Å². The van der Waals surface area contributed by atoms with Crippen molar-refractivity contribution in [3.05, 3.63) is 83.9 Å². The van der Waals surface area contributed by atoms with Crippen LogP contribution in [-0.4, -0.2) is 9.55 Å². The molecule has 0 unspecified atom stereocenters. The van der Waals surface area contributed by atoms with Crippen LogP contribution >= 0.6 is 0 Å². The fourth-order valence-corrected chi connectivity index (χ4v) is 3.57. The molecular formula is C19H18N2. The maximum atomic E-state index is 4.15. The Kier molecular flexibility index (Phi) is 2.88. The summed E-state index contributed by atoms with van der Waals surface area (Å²) in [7, 11) is 0. The van der Waals surface area contributed by atoms with Crippen molar-refractivity contribution in [1.29, 1.82) is 0 Å². The van der Waals surface area contributed by atoms with Crippen LogP contribution in [0.25, 0.3) is 5.69 Å². The number of aromatic nitrogens is 2. The molecule has 1 aliphatic rings. The molecule has 0 bridgehead atoms. The Balaban J connectivity index is 1.82. The van der Waals surface area contributed by atoms with E-state index in [1.165, 1.54) is 28.8 Å². The third kappa shape index (κ3) is 2.07. The van der Waals surface area contributed by atoms with Crippen molar-refractivity contribution in [2.75, 3.05) is 0 Å². The normalized spacial score (nSPS) is 20.4. The fraction of sp³-hybridized carbons (Fsp3) is 0.211. The third-order valence-electron chi connectivity index (χ3n) is 4.54. The summed E-state index contributed by atoms with van der Waals surface area (Å²) in [6.45, 7) is 2.36. The first-order valence-corrected chi connectivity index (χ1v) is 7.49. The second-order valence-corrected chi connectivity index (χ2v) is 5.92. The number of benzene rings is 2. The SMILES string of the molecule is C[C@H]1Cc2ccc(-n3ccnc3)cc2[C@@H]1c1ccccc1. The first kappa shape index (κ1) is 12.4. The molecule has 2 atom stereocenters. The van der Waals surface area contributed by atoms with Gasteiger partial charge < -0.3 is 4.57 Å². The van der Waals surface area contributed by atoms with Gasteiger partial charge in [-0.3, -0.25) is 0 Å². The highest BCUT2D eigenvalue weighted by Gasteiger charge is 2.30. The number of rotatable bonds is 2. The van der Waals surface area contributed by atoms with Gasteiger partial charge in [0.2, 0.25) is 0 Å². The second kappa shape index (κ2) is 4.88. The van der Waals surface area contributed by atoms with Crippen molar-refractivity contribution in [3.63, 3.8) is 0 Å². The van der Waals surface area contributed by atoms with Gasteiger partial charge in [-0.05, 0) is 41.2 Å². The van der Waals surface area contributed by atoms with Gasteiger partial charge in [0.15, 0.2) is 0 Å². The number of hydrogen-bond acceptors (Lipinski definition) is 1. The van der Waals surface area contributed by atoms with E-state index in [0.717, 1.165) is 0 Å². The summed E-state index contributed by atoms with van der Waals surface area (Å²) in [5.41, 5.74) is 5.58. The molecule has 21 heavy (non-hydrogen) atoms. The molecule has 0 aliphatic heterocycles. The molecule has 1 aromatic heterocycles. The van der Waals surface area contributed by atoms with Gasteiger partial charge in [0, 0.05) is 24.0 Å². The van der Waals surface area contributed by atoms with Crippen LogP contribution in [0.3, 0.4) is 0 Å². The van der Waals surface area contributed by atoms with Crippen LogP contribution in [0.4, 0.5) is 0 Å². The van der Waals surface area contributed by atoms with Gasteiger partial charge in [-0.25, -0.2) is 4.98 Å². The molecule has 2 aromatic carbocycles. The van der Waals surface area contributed by atoms with Crippen molar-refractivity contribution >= 4 is 0 Å². The van der Waals surface area contributed by atoms with Crippen molar-refractivity contribution < 1.29 is 0 Å². The topological polar surface area (TPSA) is 17.8 Å². The molecule has 0 spiro atoms. The zero-order valence-corrected chi connectivity index (χ0v) is 12.1. The molecule has 2 nitrogen and oxygen atoms in total. The molecule has 0 amide bonds. The first-order chi connectivity index (χ1) is 10.3. The number of nitrogens with zero attached hydrogens (tertiary/aromatic N) is 2. The van der Waals surface area contributed by atoms with E-state index in [1.807, 2.05) is 18.7 Å². The highest BCUT2D eigenvalue weighted by Crippen LogP contribution is 2.42. The average Bonchev–Trinajstić information content (AvgIpc) is 3.14. The number of imidazole rings is 1. The smallest absolute Gasteiger partial charge is 0.0991 e. The van der Waals surface area contributed by atoms with E-state index in [4.69, 9.17) is 0 Å². The molecule has 104 valence electrons. The second-order valence-electron chi connectivity index (χ2n) is 5.92. The van der Waals surface area contributed by atoms with Gasteiger partial charge in [-0.2, -0.15) is 0 Å². The zero-order valence-electron chi connectivity index (χ0n) is 12.1. The molecule has 0 saturated carbocycles. The van der Waals surface area contributed by atoms with E-state index in [-0.39, 0.29) is 0 Å². The van der Waals surface area contributed by atoms with Crippen LogP contribution in [0, 0.1) is 5.92 Å². The molecule has 0 saturated heterocycles. The number of hydrogen-bond donors (Lipinski definition) is 0. The fourth-order valence-electron chi connectivity index (χ4n) is 3.57. The minimum absolute atomic E-state index is 0.504. The Morgan fingerprint density at radius 1 is 1.10 bits per heavy atom. The minimum Gasteiger partial charge on any atom is -0.306 e. The quantitative estimate of drug-likeness (QED) is 0.685. The Morgan fingerprint density at radius 2 is 1.95 bits per heavy atom. The molecule has 1 heterocycles. The Morgan fingerprint density at radius 3 is 2.71 bits per heavy atom. The number of fused-ring (bicyclic) bond motifs is 1. The summed E-state index contributed by atoms with van der Waals surface area (Å²) in [6, 6.07) is 17.7. The zero-order chi connectivity index (χ0) is 14.2. The average molecular weight is 274 g/mol. The van der Waals surface area contributed by atoms with Crippen LogP contribution in [0.15, 0.2) is 67.3 Å². The lowest BCUT2D eigenvalue weighted by Crippen LogP contribution is -2.05. The van der Waals surface area contributed by atoms with Crippen molar-refractivity contribution in [2.45, 2.75) is 19.3 Å². The van der Waals surface area contributed by atoms with Crippen LogP contribution < -0.4 is 0 Å². The lowest BCUT2D eigenvalue weighted by Gasteiger charge is -2.18. The molecule has 4 rings (SSSR count). The maximum absolute atomic E-state index is 4.15. The minimum atomic E-state index is 0.504. The molecule has 0 fully saturated rings. The van der Waals surface area contributed by atoms with Gasteiger partial charge in [-0.15, -0.1) is 0 Å². The molecular weight excluding hydrogens is 256 g/mol. The Hall–Kier alpha value is -2.35. The molecule has 0 N–H and O–H groups in total. The van der Waals surface area contributed by atoms with E-state index >= 15 is 0 Å². The summed E-state index contributed by atoms with van der Waals surface area (Å²) >= 11 is 0. The van der Waals surface area contributed by atoms with Crippen molar-refractivity contribution in [1.82, 2.24) is 9.55 Å². The van der Waals surface area contributed by atoms with E-state index in [1.54, 1.807) is 0 Å². The third-order valence-corrected chi connectivity index (χ3v) is 4.54. The highest BCUT2D eigenvalue weighted by molar-refractivity contribution is 5.49. The molecule has 3 aromatic rings. The summed E-state index contributed by atoms with van der Waals surface area (Å²) in [4.78, 5) is 4.15. The van der Waals surface area contributed by atoms with Gasteiger partial charge in [0.25, 0.3) is 0 Å². The lowest BCUT2D eigenvalue weighted by atomic mass is 9.87. The monoisotopic (exact) mass is 274 g/mol. The summed E-state index contributed by atoms with van der Waals surface area (Å²) in [5.74, 6) is 1.16. The van der Waals surface area contributed by atoms with Gasteiger partial charge in [0.1, 0.15) is 0 Å². The predicted octanol–water partition coefficient (Wildman–Crippen LogP) is 4.20. The molecule has 2 heteroatoms. The van der Waals surface area contributed by atoms with Crippen LogP contribution in [0.2, 0.25) is 0 Å². The lowest BCUT2D eigenvalue weighted by molar-refractivity contribution is 0.557. The van der Waals surface area contributed by atoms with E-state index in [9.17, 15) is 0 Å². The predicted molar refractivity (Wildman–Crippen MR) is 84.7 cm³/mol. The van der Waals surface area contributed by atoms with Gasteiger partial charge >= 0.3 is 0 Å². The maximum Gasteiger partial charge on any atom is 0.0991 e. The molecule has 0 radical (unpaired) electrons. The first-order valence-electron chi connectivity index (χ1n) is 7.49. The van der Waals surface area contributed by atoms with Gasteiger partial charge in [0.05, 0.1) is 6.33 Å². The Bertz CT molecular complexity index is 745. The van der Waals surface area contributed by atoms with E-state index < -0.39 is 0 Å². The van der Waals surface area contributed by atoms with Crippen LogP contribution in [0.1, 0.15) is 29.5 Å². The van der Waals surface area contributed by atoms with E-state index in [0.29, 0.717) is 11.8 Å².